The lowest BCUT2D eigenvalue weighted by Crippen LogP contribution is -2.42. The molecule has 0 spiro atoms. The molecule has 0 saturated carbocycles. The van der Waals surface area contributed by atoms with Crippen LogP contribution in [0.3, 0.4) is 0 Å². The van der Waals surface area contributed by atoms with Crippen molar-refractivity contribution in [2.75, 3.05) is 10.9 Å². The number of H-pyrrole nitrogens is 1. The van der Waals surface area contributed by atoms with Gasteiger partial charge in [-0.05, 0) is 63.2 Å². The molecule has 0 saturated heterocycles. The number of ether oxygens (including phenoxy) is 1. The average Bonchev–Trinajstić information content (AvgIpc) is 3.19. The minimum atomic E-state index is -4.16. The Morgan fingerprint density at radius 1 is 1.06 bits per heavy atom. The van der Waals surface area contributed by atoms with Crippen molar-refractivity contribution >= 4 is 38.2 Å². The summed E-state index contributed by atoms with van der Waals surface area (Å²) in [7, 11) is -4.16. The molecule has 1 atom stereocenters. The van der Waals surface area contributed by atoms with E-state index in [9.17, 15) is 18.3 Å². The van der Waals surface area contributed by atoms with Gasteiger partial charge < -0.3 is 14.8 Å². The molecule has 0 bridgehead atoms. The molecule has 1 aromatic heterocycles. The van der Waals surface area contributed by atoms with Gasteiger partial charge in [0.15, 0.2) is 5.69 Å². The van der Waals surface area contributed by atoms with Crippen molar-refractivity contribution in [1.29, 1.82) is 0 Å². The second-order valence-corrected chi connectivity index (χ2v) is 9.94. The highest BCUT2D eigenvalue weighted by atomic mass is 32.2. The van der Waals surface area contributed by atoms with E-state index in [1.807, 2.05) is 13.8 Å². The number of sulfonamides is 1. The van der Waals surface area contributed by atoms with Crippen LogP contribution in [0.25, 0.3) is 10.9 Å². The van der Waals surface area contributed by atoms with Gasteiger partial charge in [-0.3, -0.25) is 9.10 Å². The molecule has 2 N–H and O–H groups in total. The zero-order valence-electron chi connectivity index (χ0n) is 20.0. The van der Waals surface area contributed by atoms with E-state index in [2.05, 4.69) is 15.2 Å². The molecular weight excluding hydrogens is 480 g/mol. The maximum absolute atomic E-state index is 13.7. The van der Waals surface area contributed by atoms with E-state index in [-0.39, 0.29) is 16.5 Å². The predicted molar refractivity (Wildman–Crippen MR) is 137 cm³/mol. The molecule has 10 heteroatoms. The third-order valence-corrected chi connectivity index (χ3v) is 7.51. The highest BCUT2D eigenvalue weighted by Crippen LogP contribution is 2.35. The number of fused-ring (bicyclic) bond motifs is 1. The van der Waals surface area contributed by atoms with E-state index in [1.165, 1.54) is 19.1 Å². The van der Waals surface area contributed by atoms with Crippen molar-refractivity contribution in [3.8, 4) is 11.6 Å². The number of amides is 1. The number of aromatic hydroxyl groups is 1. The lowest BCUT2D eigenvalue weighted by molar-refractivity contribution is -0.119. The number of carbonyl (C=O) groups is 1. The molecule has 36 heavy (non-hydrogen) atoms. The third-order valence-electron chi connectivity index (χ3n) is 5.60. The number of azo groups is 1. The van der Waals surface area contributed by atoms with Crippen LogP contribution in [0.1, 0.15) is 19.4 Å². The number of aryl methyl sites for hydroxylation is 1. The molecule has 3 aromatic carbocycles. The van der Waals surface area contributed by atoms with Crippen molar-refractivity contribution in [1.82, 2.24) is 4.98 Å². The zero-order valence-corrected chi connectivity index (χ0v) is 20.9. The molecule has 0 aliphatic rings. The van der Waals surface area contributed by atoms with E-state index in [1.54, 1.807) is 60.7 Å². The second-order valence-electron chi connectivity index (χ2n) is 8.12. The maximum atomic E-state index is 13.7. The Morgan fingerprint density at radius 2 is 1.72 bits per heavy atom. The van der Waals surface area contributed by atoms with Gasteiger partial charge in [-0.1, -0.05) is 35.9 Å². The maximum Gasteiger partial charge on any atom is 0.287 e. The highest BCUT2D eigenvalue weighted by Gasteiger charge is 2.33. The van der Waals surface area contributed by atoms with Crippen LogP contribution in [0.5, 0.6) is 11.6 Å². The van der Waals surface area contributed by atoms with Gasteiger partial charge in [0.25, 0.3) is 15.9 Å². The van der Waals surface area contributed by atoms with Gasteiger partial charge in [0.2, 0.25) is 5.88 Å². The predicted octanol–water partition coefficient (Wildman–Crippen LogP) is 5.47. The van der Waals surface area contributed by atoms with Crippen LogP contribution < -0.4 is 9.04 Å². The lowest BCUT2D eigenvalue weighted by Gasteiger charge is -2.28. The van der Waals surface area contributed by atoms with E-state index in [4.69, 9.17) is 4.74 Å². The topological polar surface area (TPSA) is 124 Å². The van der Waals surface area contributed by atoms with Gasteiger partial charge >= 0.3 is 0 Å². The van der Waals surface area contributed by atoms with E-state index in [0.717, 1.165) is 9.87 Å². The summed E-state index contributed by atoms with van der Waals surface area (Å²) in [5, 5.41) is 18.5. The molecule has 1 amide bonds. The van der Waals surface area contributed by atoms with Gasteiger partial charge in [-0.25, -0.2) is 8.42 Å². The average molecular weight is 507 g/mol. The van der Waals surface area contributed by atoms with E-state index < -0.39 is 22.0 Å². The van der Waals surface area contributed by atoms with Crippen molar-refractivity contribution in [3.63, 3.8) is 0 Å². The molecule has 0 radical (unpaired) electrons. The Morgan fingerprint density at radius 3 is 2.39 bits per heavy atom. The Labute approximate surface area is 209 Å². The Balaban J connectivity index is 1.71. The third kappa shape index (κ3) is 4.94. The second kappa shape index (κ2) is 10.2. The molecular formula is C26H26N4O5S. The van der Waals surface area contributed by atoms with Crippen LogP contribution in [0.15, 0.2) is 87.9 Å². The number of hydrogen-bond donors (Lipinski definition) is 2. The van der Waals surface area contributed by atoms with Gasteiger partial charge in [0.05, 0.1) is 22.7 Å². The van der Waals surface area contributed by atoms with Crippen LogP contribution in [-0.2, 0) is 14.8 Å². The number of nitrogens with one attached hydrogen (secondary N) is 1. The molecule has 0 aliphatic heterocycles. The molecule has 1 heterocycles. The number of rotatable bonds is 8. The van der Waals surface area contributed by atoms with Crippen molar-refractivity contribution in [2.24, 2.45) is 10.2 Å². The van der Waals surface area contributed by atoms with Gasteiger partial charge in [0, 0.05) is 5.39 Å². The van der Waals surface area contributed by atoms with Crippen molar-refractivity contribution < 1.29 is 23.1 Å². The van der Waals surface area contributed by atoms with Crippen LogP contribution in [0, 0.1) is 6.92 Å². The summed E-state index contributed by atoms with van der Waals surface area (Å²) in [6.45, 7) is 5.61. The largest absolute Gasteiger partial charge is 0.494 e. The standard InChI is InChI=1S/C26H26N4O5S/c1-4-35-20-13-15-21(16-14-20)36(33,34)30(19-11-9-17(2)10-12-19)18(3)25(31)29-28-24-22-7-5-6-8-23(22)27-26(24)32/h5-16,18,27,32H,4H2,1-3H3. The summed E-state index contributed by atoms with van der Waals surface area (Å²) in [4.78, 5) is 15.9. The fourth-order valence-corrected chi connectivity index (χ4v) is 5.36. The van der Waals surface area contributed by atoms with Gasteiger partial charge in [-0.2, -0.15) is 0 Å². The highest BCUT2D eigenvalue weighted by molar-refractivity contribution is 7.93. The molecule has 9 nitrogen and oxygen atoms in total. The number of nitrogens with zero attached hydrogens (tertiary/aromatic N) is 3. The first kappa shape index (κ1) is 24.9. The van der Waals surface area contributed by atoms with Crippen LogP contribution >= 0.6 is 0 Å². The number of benzene rings is 3. The fourth-order valence-electron chi connectivity index (χ4n) is 3.75. The summed E-state index contributed by atoms with van der Waals surface area (Å²) in [5.41, 5.74) is 1.97. The Bertz CT molecular complexity index is 1510. The minimum Gasteiger partial charge on any atom is -0.494 e. The van der Waals surface area contributed by atoms with E-state index in [0.29, 0.717) is 28.9 Å². The lowest BCUT2D eigenvalue weighted by atomic mass is 10.2. The quantitative estimate of drug-likeness (QED) is 0.306. The van der Waals surface area contributed by atoms with Crippen LogP contribution in [0.4, 0.5) is 11.4 Å². The SMILES string of the molecule is CCOc1ccc(S(=O)(=O)N(c2ccc(C)cc2)C(C)C(=O)N=Nc2c(O)[nH]c3ccccc23)cc1. The summed E-state index contributed by atoms with van der Waals surface area (Å²) >= 11 is 0. The summed E-state index contributed by atoms with van der Waals surface area (Å²) in [6.07, 6.45) is 0. The smallest absolute Gasteiger partial charge is 0.287 e. The Hall–Kier alpha value is -4.18. The summed E-state index contributed by atoms with van der Waals surface area (Å²) in [6, 6.07) is 18.6. The van der Waals surface area contributed by atoms with E-state index >= 15 is 0 Å². The first-order valence-electron chi connectivity index (χ1n) is 11.3. The first-order chi connectivity index (χ1) is 17.2. The van der Waals surface area contributed by atoms with Crippen molar-refractivity contribution in [2.45, 2.75) is 31.7 Å². The number of aromatic nitrogens is 1. The van der Waals surface area contributed by atoms with Gasteiger partial charge in [-0.15, -0.1) is 10.2 Å². The normalized spacial score (nSPS) is 12.6. The zero-order chi connectivity index (χ0) is 25.9. The summed E-state index contributed by atoms with van der Waals surface area (Å²) < 4.78 is 33.9. The number of carbonyl (C=O) groups excluding carboxylic acids is 1. The molecule has 1 unspecified atom stereocenters. The van der Waals surface area contributed by atoms with Crippen LogP contribution in [-0.4, -0.2) is 37.1 Å². The monoisotopic (exact) mass is 506 g/mol. The molecule has 0 aliphatic carbocycles. The summed E-state index contributed by atoms with van der Waals surface area (Å²) in [5.74, 6) is -0.498. The Kier molecular flexibility index (Phi) is 7.07. The van der Waals surface area contributed by atoms with Crippen molar-refractivity contribution in [3.05, 3.63) is 78.4 Å². The number of anilines is 1. The van der Waals surface area contributed by atoms with Crippen LogP contribution in [0.2, 0.25) is 0 Å². The number of para-hydroxylation sites is 1. The number of hydrogen-bond acceptors (Lipinski definition) is 6. The molecule has 4 rings (SSSR count). The van der Waals surface area contributed by atoms with Gasteiger partial charge in [0.1, 0.15) is 11.8 Å². The molecule has 0 fully saturated rings. The number of aromatic amines is 1. The fraction of sp³-hybridized carbons (Fsp3) is 0.192. The molecule has 186 valence electrons. The first-order valence-corrected chi connectivity index (χ1v) is 12.8. The minimum absolute atomic E-state index is 0.00242. The molecule has 4 aromatic rings.